The van der Waals surface area contributed by atoms with Gasteiger partial charge in [0.05, 0.1) is 5.60 Å². The number of ether oxygens (including phenoxy) is 1. The molecule has 2 aliphatic heterocycles. The van der Waals surface area contributed by atoms with Crippen LogP contribution in [0.15, 0.2) is 23.8 Å². The summed E-state index contributed by atoms with van der Waals surface area (Å²) in [6.45, 7) is 7.10. The number of hydrogen-bond acceptors (Lipinski definition) is 5. The van der Waals surface area contributed by atoms with Gasteiger partial charge in [-0.2, -0.15) is 0 Å². The average Bonchev–Trinajstić information content (AvgIpc) is 2.51. The quantitative estimate of drug-likeness (QED) is 0.561. The van der Waals surface area contributed by atoms with Crippen LogP contribution >= 0.6 is 0 Å². The van der Waals surface area contributed by atoms with Crippen LogP contribution in [0.2, 0.25) is 0 Å². The van der Waals surface area contributed by atoms with Crippen molar-refractivity contribution in [2.75, 3.05) is 0 Å². The molecule has 0 aromatic rings. The summed E-state index contributed by atoms with van der Waals surface area (Å²) in [5, 5.41) is 21.0. The molecule has 1 fully saturated rings. The molecule has 25 heavy (non-hydrogen) atoms. The average molecular weight is 350 g/mol. The first kappa shape index (κ1) is 19.9. The number of Topliss-reactive ketones (excluding diaryl/α,β-unsaturated/α-hetero) is 1. The molecule has 1 saturated heterocycles. The van der Waals surface area contributed by atoms with Gasteiger partial charge in [0.15, 0.2) is 5.78 Å². The maximum Gasteiger partial charge on any atom is 0.334 e. The largest absolute Gasteiger partial charge is 0.451 e. The van der Waals surface area contributed by atoms with Crippen LogP contribution in [0, 0.1) is 5.92 Å². The summed E-state index contributed by atoms with van der Waals surface area (Å²) in [6, 6.07) is 0. The van der Waals surface area contributed by atoms with Crippen molar-refractivity contribution < 1.29 is 24.5 Å². The van der Waals surface area contributed by atoms with Crippen LogP contribution in [-0.4, -0.2) is 38.8 Å². The molecule has 140 valence electrons. The Morgan fingerprint density at radius 3 is 2.32 bits per heavy atom. The highest BCUT2D eigenvalue weighted by Crippen LogP contribution is 2.37. The number of esters is 1. The topological polar surface area (TPSA) is 83.8 Å². The van der Waals surface area contributed by atoms with Gasteiger partial charge in [-0.1, -0.05) is 26.0 Å². The Kier molecular flexibility index (Phi) is 5.59. The highest BCUT2D eigenvalue weighted by atomic mass is 16.6. The van der Waals surface area contributed by atoms with Gasteiger partial charge in [-0.3, -0.25) is 4.79 Å². The van der Waals surface area contributed by atoms with E-state index in [4.69, 9.17) is 4.74 Å². The van der Waals surface area contributed by atoms with Gasteiger partial charge in [0.25, 0.3) is 0 Å². The summed E-state index contributed by atoms with van der Waals surface area (Å²) in [7, 11) is 0. The number of fused-ring (bicyclic) bond motifs is 10. The third-order valence-electron chi connectivity index (χ3n) is 5.51. The minimum Gasteiger partial charge on any atom is -0.451 e. The molecule has 2 bridgehead atoms. The maximum atomic E-state index is 12.4. The first-order valence-corrected chi connectivity index (χ1v) is 9.08. The third kappa shape index (κ3) is 4.59. The molecule has 0 radical (unpaired) electrons. The van der Waals surface area contributed by atoms with Crippen molar-refractivity contribution in [1.82, 2.24) is 0 Å². The molecule has 3 rings (SSSR count). The van der Waals surface area contributed by atoms with E-state index in [1.807, 2.05) is 13.8 Å². The van der Waals surface area contributed by atoms with Gasteiger partial charge in [0.2, 0.25) is 0 Å². The zero-order valence-corrected chi connectivity index (χ0v) is 15.7. The first-order valence-electron chi connectivity index (χ1n) is 9.08. The van der Waals surface area contributed by atoms with E-state index in [9.17, 15) is 19.8 Å². The summed E-state index contributed by atoms with van der Waals surface area (Å²) >= 11 is 0. The van der Waals surface area contributed by atoms with Crippen molar-refractivity contribution in [2.45, 2.75) is 83.0 Å². The van der Waals surface area contributed by atoms with Crippen molar-refractivity contribution in [3.05, 3.63) is 23.8 Å². The Balaban J connectivity index is 2.38. The smallest absolute Gasteiger partial charge is 0.334 e. The van der Waals surface area contributed by atoms with E-state index >= 15 is 0 Å². The molecule has 3 aliphatic rings. The van der Waals surface area contributed by atoms with Gasteiger partial charge in [-0.15, -0.1) is 0 Å². The van der Waals surface area contributed by atoms with E-state index in [1.165, 1.54) is 6.92 Å². The predicted molar refractivity (Wildman–Crippen MR) is 94.8 cm³/mol. The lowest BCUT2D eigenvalue weighted by Gasteiger charge is -2.39. The molecule has 0 amide bonds. The maximum absolute atomic E-state index is 12.4. The van der Waals surface area contributed by atoms with Gasteiger partial charge in [-0.05, 0) is 57.9 Å². The molecule has 0 aromatic heterocycles. The fourth-order valence-corrected chi connectivity index (χ4v) is 3.33. The second kappa shape index (κ2) is 7.04. The normalized spacial score (nSPS) is 37.6. The second-order valence-corrected chi connectivity index (χ2v) is 8.15. The Hall–Kier alpha value is -1.46. The van der Waals surface area contributed by atoms with Crippen molar-refractivity contribution >= 4 is 11.8 Å². The van der Waals surface area contributed by atoms with Crippen molar-refractivity contribution in [2.24, 2.45) is 5.92 Å². The Morgan fingerprint density at radius 1 is 1.04 bits per heavy atom. The van der Waals surface area contributed by atoms with E-state index in [0.29, 0.717) is 24.8 Å². The molecule has 5 heteroatoms. The van der Waals surface area contributed by atoms with E-state index in [0.717, 1.165) is 0 Å². The molecular weight excluding hydrogens is 320 g/mol. The molecule has 3 unspecified atom stereocenters. The second-order valence-electron chi connectivity index (χ2n) is 8.15. The number of allylic oxidation sites excluding steroid dienone is 1. The van der Waals surface area contributed by atoms with Crippen LogP contribution < -0.4 is 0 Å². The van der Waals surface area contributed by atoms with Crippen molar-refractivity contribution in [3.63, 3.8) is 0 Å². The Morgan fingerprint density at radius 2 is 1.72 bits per heavy atom. The number of rotatable bonds is 1. The molecular formula is C20H30O5. The number of carbonyl (C=O) groups is 2. The molecule has 5 nitrogen and oxygen atoms in total. The molecule has 2 N–H and O–H groups in total. The lowest BCUT2D eigenvalue weighted by atomic mass is 9.79. The van der Waals surface area contributed by atoms with Gasteiger partial charge in [0.1, 0.15) is 11.2 Å². The summed E-state index contributed by atoms with van der Waals surface area (Å²) in [5.74, 6) is -0.574. The minimum absolute atomic E-state index is 0.0697. The number of carbonyl (C=O) groups excluding carboxylic acids is 2. The lowest BCUT2D eigenvalue weighted by Crippen LogP contribution is -2.43. The third-order valence-corrected chi connectivity index (χ3v) is 5.51. The molecule has 3 atom stereocenters. The van der Waals surface area contributed by atoms with Crippen LogP contribution in [-0.2, 0) is 14.3 Å². The van der Waals surface area contributed by atoms with E-state index in [-0.39, 0.29) is 36.9 Å². The highest BCUT2D eigenvalue weighted by molar-refractivity contribution is 5.90. The van der Waals surface area contributed by atoms with Crippen molar-refractivity contribution in [3.8, 4) is 0 Å². The van der Waals surface area contributed by atoms with Gasteiger partial charge >= 0.3 is 5.97 Å². The van der Waals surface area contributed by atoms with Crippen LogP contribution in [0.3, 0.4) is 0 Å². The first-order chi connectivity index (χ1) is 11.5. The van der Waals surface area contributed by atoms with Crippen LogP contribution in [0.4, 0.5) is 0 Å². The zero-order chi connectivity index (χ0) is 18.9. The fraction of sp³-hybridized carbons (Fsp3) is 0.700. The number of ketones is 1. The summed E-state index contributed by atoms with van der Waals surface area (Å²) in [5.41, 5.74) is -2.81. The zero-order valence-electron chi connectivity index (χ0n) is 15.7. The number of hydrogen-bond donors (Lipinski definition) is 2. The van der Waals surface area contributed by atoms with Gasteiger partial charge in [-0.25, -0.2) is 4.79 Å². The van der Waals surface area contributed by atoms with E-state index in [2.05, 4.69) is 0 Å². The Bertz CT molecular complexity index is 597. The summed E-state index contributed by atoms with van der Waals surface area (Å²) < 4.78 is 5.78. The van der Waals surface area contributed by atoms with Crippen LogP contribution in [0.1, 0.15) is 66.2 Å². The highest BCUT2D eigenvalue weighted by Gasteiger charge is 2.41. The van der Waals surface area contributed by atoms with Crippen molar-refractivity contribution in [1.29, 1.82) is 0 Å². The monoisotopic (exact) mass is 350 g/mol. The van der Waals surface area contributed by atoms with Crippen LogP contribution in [0.25, 0.3) is 0 Å². The van der Waals surface area contributed by atoms with Crippen LogP contribution in [0.5, 0.6) is 0 Å². The summed E-state index contributed by atoms with van der Waals surface area (Å²) in [6.07, 6.45) is 7.41. The molecule has 0 aromatic carbocycles. The van der Waals surface area contributed by atoms with Gasteiger partial charge < -0.3 is 14.9 Å². The fourth-order valence-electron chi connectivity index (χ4n) is 3.33. The lowest BCUT2D eigenvalue weighted by molar-refractivity contribution is -0.159. The SMILES string of the molecule is CC(C)C12C=CC(C)(O)CCC(=O)C(C)(O)CCC=C(CC1)C(=O)O2. The minimum atomic E-state index is -1.46. The molecule has 1 aliphatic carbocycles. The number of aliphatic hydroxyl groups is 2. The molecule has 2 heterocycles. The summed E-state index contributed by atoms with van der Waals surface area (Å²) in [4.78, 5) is 24.7. The van der Waals surface area contributed by atoms with Gasteiger partial charge in [0, 0.05) is 12.0 Å². The molecule has 0 saturated carbocycles. The van der Waals surface area contributed by atoms with E-state index in [1.54, 1.807) is 25.2 Å². The standard InChI is InChI=1S/C20H30O5/c1-14(2)20-11-7-15(17(22)25-20)6-5-9-19(4,24)16(21)8-10-18(3,23)12-13-20/h6,12-14,23-24H,5,7-11H2,1-4H3. The molecule has 0 spiro atoms. The van der Waals surface area contributed by atoms with E-state index < -0.39 is 16.8 Å². The predicted octanol–water partition coefficient (Wildman–Crippen LogP) is 2.85. The Labute approximate surface area is 149 Å².